The van der Waals surface area contributed by atoms with Gasteiger partial charge in [0.1, 0.15) is 0 Å². The quantitative estimate of drug-likeness (QED) is 0.816. The average Bonchev–Trinajstić information content (AvgIpc) is 2.81. The maximum absolute atomic E-state index is 12.3. The lowest BCUT2D eigenvalue weighted by Crippen LogP contribution is -2.10. The van der Waals surface area contributed by atoms with Crippen molar-refractivity contribution in [3.8, 4) is 0 Å². The molecule has 0 saturated heterocycles. The molecule has 0 atom stereocenters. The number of amides is 1. The van der Waals surface area contributed by atoms with Crippen LogP contribution in [-0.4, -0.2) is 5.91 Å². The summed E-state index contributed by atoms with van der Waals surface area (Å²) in [6, 6.07) is 8.01. The molecule has 1 aromatic carbocycles. The number of hydrogen-bond donors (Lipinski definition) is 1. The van der Waals surface area contributed by atoms with Gasteiger partial charge >= 0.3 is 0 Å². The van der Waals surface area contributed by atoms with E-state index < -0.39 is 0 Å². The van der Waals surface area contributed by atoms with Crippen molar-refractivity contribution >= 4 is 38.9 Å². The second-order valence-electron chi connectivity index (χ2n) is 5.24. The molecule has 0 fully saturated rings. The Bertz CT molecular complexity index is 619. The summed E-state index contributed by atoms with van der Waals surface area (Å²) in [6.07, 6.45) is 4.74. The third-order valence-electron chi connectivity index (χ3n) is 3.52. The largest absolute Gasteiger partial charge is 0.321 e. The van der Waals surface area contributed by atoms with Gasteiger partial charge in [-0.2, -0.15) is 0 Å². The van der Waals surface area contributed by atoms with Gasteiger partial charge in [0.05, 0.1) is 4.88 Å². The predicted molar refractivity (Wildman–Crippen MR) is 87.8 cm³/mol. The van der Waals surface area contributed by atoms with Crippen LogP contribution < -0.4 is 5.32 Å². The fourth-order valence-corrected chi connectivity index (χ4v) is 4.36. The molecule has 104 valence electrons. The Balaban J connectivity index is 1.80. The van der Waals surface area contributed by atoms with Crippen molar-refractivity contribution in [3.05, 3.63) is 49.6 Å². The molecule has 0 saturated carbocycles. The molecule has 0 radical (unpaired) electrons. The number of thiophene rings is 1. The molecule has 1 N–H and O–H groups in total. The summed E-state index contributed by atoms with van der Waals surface area (Å²) in [5.74, 6) is 0.00176. The minimum atomic E-state index is 0.00176. The molecule has 1 aliphatic rings. The first-order chi connectivity index (χ1) is 9.61. The fourth-order valence-electron chi connectivity index (χ4n) is 2.60. The summed E-state index contributed by atoms with van der Waals surface area (Å²) >= 11 is 5.10. The zero-order chi connectivity index (χ0) is 14.1. The first-order valence-corrected chi connectivity index (χ1v) is 8.43. The van der Waals surface area contributed by atoms with Crippen molar-refractivity contribution in [3.63, 3.8) is 0 Å². The lowest BCUT2D eigenvalue weighted by molar-refractivity contribution is 0.103. The van der Waals surface area contributed by atoms with E-state index in [0.717, 1.165) is 33.4 Å². The minimum Gasteiger partial charge on any atom is -0.321 e. The SMILES string of the molecule is Cc1cc(Br)cc(NC(=O)c2cc3c(s2)CCCC3)c1. The fraction of sp³-hybridized carbons (Fsp3) is 0.312. The number of anilines is 1. The summed E-state index contributed by atoms with van der Waals surface area (Å²) in [6.45, 7) is 2.02. The van der Waals surface area contributed by atoms with Gasteiger partial charge < -0.3 is 5.32 Å². The zero-order valence-corrected chi connectivity index (χ0v) is 13.7. The second-order valence-corrected chi connectivity index (χ2v) is 7.29. The number of rotatable bonds is 2. The second kappa shape index (κ2) is 5.70. The van der Waals surface area contributed by atoms with Crippen LogP contribution in [0.4, 0.5) is 5.69 Å². The van der Waals surface area contributed by atoms with Crippen molar-refractivity contribution in [1.29, 1.82) is 0 Å². The number of halogens is 1. The number of benzene rings is 1. The Hall–Kier alpha value is -1.13. The lowest BCUT2D eigenvalue weighted by atomic mass is 9.99. The van der Waals surface area contributed by atoms with Crippen molar-refractivity contribution in [2.45, 2.75) is 32.6 Å². The van der Waals surface area contributed by atoms with Crippen molar-refractivity contribution in [1.82, 2.24) is 0 Å². The summed E-state index contributed by atoms with van der Waals surface area (Å²) in [5.41, 5.74) is 3.34. The van der Waals surface area contributed by atoms with Crippen LogP contribution in [0.1, 0.15) is 38.5 Å². The molecule has 1 amide bonds. The van der Waals surface area contributed by atoms with E-state index in [9.17, 15) is 4.79 Å². The van der Waals surface area contributed by atoms with Gasteiger partial charge in [0.25, 0.3) is 5.91 Å². The molecule has 1 heterocycles. The van der Waals surface area contributed by atoms with E-state index in [1.54, 1.807) is 11.3 Å². The Morgan fingerprint density at radius 1 is 1.20 bits per heavy atom. The number of nitrogens with one attached hydrogen (secondary N) is 1. The van der Waals surface area contributed by atoms with Gasteiger partial charge in [0.2, 0.25) is 0 Å². The standard InChI is InChI=1S/C16H16BrNOS/c1-10-6-12(17)9-13(7-10)18-16(19)15-8-11-4-2-3-5-14(11)20-15/h6-9H,2-5H2,1H3,(H,18,19). The first-order valence-electron chi connectivity index (χ1n) is 6.82. The van der Waals surface area contributed by atoms with Gasteiger partial charge in [0, 0.05) is 15.0 Å². The van der Waals surface area contributed by atoms with Gasteiger partial charge in [0.15, 0.2) is 0 Å². The Kier molecular flexibility index (Phi) is 3.94. The van der Waals surface area contributed by atoms with Crippen molar-refractivity contribution in [2.24, 2.45) is 0 Å². The molecule has 1 aromatic heterocycles. The maximum Gasteiger partial charge on any atom is 0.265 e. The molecule has 0 unspecified atom stereocenters. The number of carbonyl (C=O) groups is 1. The highest BCUT2D eigenvalue weighted by Gasteiger charge is 2.17. The molecular formula is C16H16BrNOS. The van der Waals surface area contributed by atoms with E-state index in [1.165, 1.54) is 23.3 Å². The molecule has 0 bridgehead atoms. The van der Waals surface area contributed by atoms with E-state index in [-0.39, 0.29) is 5.91 Å². The van der Waals surface area contributed by atoms with Crippen LogP contribution >= 0.6 is 27.3 Å². The van der Waals surface area contributed by atoms with Crippen LogP contribution in [0, 0.1) is 6.92 Å². The first kappa shape index (κ1) is 13.8. The zero-order valence-electron chi connectivity index (χ0n) is 11.3. The van der Waals surface area contributed by atoms with Crippen LogP contribution in [0.15, 0.2) is 28.7 Å². The van der Waals surface area contributed by atoms with E-state index >= 15 is 0 Å². The predicted octanol–water partition coefficient (Wildman–Crippen LogP) is 4.95. The van der Waals surface area contributed by atoms with Crippen LogP contribution in [0.2, 0.25) is 0 Å². The number of fused-ring (bicyclic) bond motifs is 1. The van der Waals surface area contributed by atoms with Crippen LogP contribution in [0.25, 0.3) is 0 Å². The molecule has 1 aliphatic carbocycles. The highest BCUT2D eigenvalue weighted by molar-refractivity contribution is 9.10. The Morgan fingerprint density at radius 3 is 2.75 bits per heavy atom. The van der Waals surface area contributed by atoms with Gasteiger partial charge in [-0.3, -0.25) is 4.79 Å². The molecule has 0 aliphatic heterocycles. The number of carbonyl (C=O) groups excluding carboxylic acids is 1. The number of aryl methyl sites for hydroxylation is 3. The van der Waals surface area contributed by atoms with Gasteiger partial charge in [-0.15, -0.1) is 11.3 Å². The maximum atomic E-state index is 12.3. The third kappa shape index (κ3) is 2.96. The lowest BCUT2D eigenvalue weighted by Gasteiger charge is -2.08. The third-order valence-corrected chi connectivity index (χ3v) is 5.21. The molecular weight excluding hydrogens is 334 g/mol. The van der Waals surface area contributed by atoms with Crippen molar-refractivity contribution in [2.75, 3.05) is 5.32 Å². The van der Waals surface area contributed by atoms with E-state index in [0.29, 0.717) is 0 Å². The summed E-state index contributed by atoms with van der Waals surface area (Å²) in [4.78, 5) is 14.6. The van der Waals surface area contributed by atoms with Crippen LogP contribution in [-0.2, 0) is 12.8 Å². The monoisotopic (exact) mass is 349 g/mol. The van der Waals surface area contributed by atoms with Gasteiger partial charge in [-0.1, -0.05) is 15.9 Å². The van der Waals surface area contributed by atoms with Crippen LogP contribution in [0.3, 0.4) is 0 Å². The Labute approximate surface area is 131 Å². The molecule has 4 heteroatoms. The molecule has 0 spiro atoms. The summed E-state index contributed by atoms with van der Waals surface area (Å²) < 4.78 is 0.985. The molecule has 2 nitrogen and oxygen atoms in total. The molecule has 20 heavy (non-hydrogen) atoms. The molecule has 3 rings (SSSR count). The van der Waals surface area contributed by atoms with E-state index in [4.69, 9.17) is 0 Å². The smallest absolute Gasteiger partial charge is 0.265 e. The average molecular weight is 350 g/mol. The number of hydrogen-bond acceptors (Lipinski definition) is 2. The van der Waals surface area contributed by atoms with Crippen molar-refractivity contribution < 1.29 is 4.79 Å². The normalized spacial score (nSPS) is 13.9. The minimum absolute atomic E-state index is 0.00176. The van der Waals surface area contributed by atoms with Crippen LogP contribution in [0.5, 0.6) is 0 Å². The Morgan fingerprint density at radius 2 is 2.00 bits per heavy atom. The topological polar surface area (TPSA) is 29.1 Å². The molecule has 2 aromatic rings. The summed E-state index contributed by atoms with van der Waals surface area (Å²) in [5, 5.41) is 2.99. The summed E-state index contributed by atoms with van der Waals surface area (Å²) in [7, 11) is 0. The van der Waals surface area contributed by atoms with Gasteiger partial charge in [-0.05, 0) is 68.0 Å². The van der Waals surface area contributed by atoms with Gasteiger partial charge in [-0.25, -0.2) is 0 Å². The highest BCUT2D eigenvalue weighted by atomic mass is 79.9. The highest BCUT2D eigenvalue weighted by Crippen LogP contribution is 2.30. The van der Waals surface area contributed by atoms with E-state index in [2.05, 4.69) is 27.3 Å². The van der Waals surface area contributed by atoms with E-state index in [1.807, 2.05) is 25.1 Å².